The molecule has 0 heterocycles. The number of anilines is 1. The number of nitrogens with one attached hydrogen (secondary N) is 1. The molecular formula is C17H27FN2. The van der Waals surface area contributed by atoms with E-state index in [1.54, 1.807) is 6.07 Å². The molecule has 2 nitrogen and oxygen atoms in total. The van der Waals surface area contributed by atoms with Crippen molar-refractivity contribution in [2.45, 2.75) is 45.6 Å². The molecule has 0 aliphatic heterocycles. The lowest BCUT2D eigenvalue weighted by Crippen LogP contribution is -2.39. The molecule has 1 fully saturated rings. The monoisotopic (exact) mass is 278 g/mol. The molecule has 0 saturated heterocycles. The van der Waals surface area contributed by atoms with Crippen LogP contribution < -0.4 is 10.2 Å². The van der Waals surface area contributed by atoms with Crippen LogP contribution in [0.3, 0.4) is 0 Å². The Morgan fingerprint density at radius 1 is 1.20 bits per heavy atom. The minimum atomic E-state index is -0.124. The summed E-state index contributed by atoms with van der Waals surface area (Å²) in [7, 11) is 0. The van der Waals surface area contributed by atoms with E-state index in [4.69, 9.17) is 0 Å². The van der Waals surface area contributed by atoms with Gasteiger partial charge in [0.05, 0.1) is 5.69 Å². The van der Waals surface area contributed by atoms with Crippen molar-refractivity contribution in [1.29, 1.82) is 0 Å². The minimum Gasteiger partial charge on any atom is -0.368 e. The van der Waals surface area contributed by atoms with Crippen molar-refractivity contribution < 1.29 is 4.39 Å². The van der Waals surface area contributed by atoms with Crippen LogP contribution in [0.5, 0.6) is 0 Å². The van der Waals surface area contributed by atoms with Crippen molar-refractivity contribution in [3.63, 3.8) is 0 Å². The molecule has 3 heteroatoms. The zero-order valence-electron chi connectivity index (χ0n) is 12.7. The van der Waals surface area contributed by atoms with Crippen LogP contribution in [0.4, 0.5) is 10.1 Å². The zero-order valence-corrected chi connectivity index (χ0v) is 12.7. The summed E-state index contributed by atoms with van der Waals surface area (Å²) in [5.74, 6) is 0.763. The van der Waals surface area contributed by atoms with Crippen LogP contribution >= 0.6 is 0 Å². The Hall–Kier alpha value is -1.09. The van der Waals surface area contributed by atoms with E-state index in [1.165, 1.54) is 31.7 Å². The van der Waals surface area contributed by atoms with E-state index in [9.17, 15) is 4.39 Å². The summed E-state index contributed by atoms with van der Waals surface area (Å²) in [6.07, 6.45) is 5.24. The Balaban J connectivity index is 1.78. The van der Waals surface area contributed by atoms with Gasteiger partial charge in [-0.25, -0.2) is 4.39 Å². The number of hydrogen-bond donors (Lipinski definition) is 1. The first-order valence-corrected chi connectivity index (χ1v) is 7.93. The second-order valence-corrected chi connectivity index (χ2v) is 5.94. The van der Waals surface area contributed by atoms with Gasteiger partial charge in [0, 0.05) is 25.7 Å². The van der Waals surface area contributed by atoms with Crippen LogP contribution in [0.2, 0.25) is 0 Å². The van der Waals surface area contributed by atoms with Crippen molar-refractivity contribution >= 4 is 5.69 Å². The van der Waals surface area contributed by atoms with Crippen LogP contribution in [-0.2, 0) is 0 Å². The van der Waals surface area contributed by atoms with Crippen molar-refractivity contribution in [1.82, 2.24) is 5.32 Å². The maximum absolute atomic E-state index is 13.8. The molecule has 0 unspecified atom stereocenters. The molecule has 0 spiro atoms. The Morgan fingerprint density at radius 3 is 2.55 bits per heavy atom. The summed E-state index contributed by atoms with van der Waals surface area (Å²) in [6.45, 7) is 7.05. The Morgan fingerprint density at radius 2 is 1.90 bits per heavy atom. The number of benzene rings is 1. The van der Waals surface area contributed by atoms with Gasteiger partial charge in [0.2, 0.25) is 0 Å². The number of nitrogens with zero attached hydrogens (tertiary/aromatic N) is 1. The highest BCUT2D eigenvalue weighted by molar-refractivity contribution is 5.47. The average molecular weight is 278 g/mol. The van der Waals surface area contributed by atoms with E-state index in [0.29, 0.717) is 11.7 Å². The molecule has 0 radical (unpaired) electrons. The van der Waals surface area contributed by atoms with Crippen molar-refractivity contribution in [2.24, 2.45) is 5.92 Å². The predicted octanol–water partition coefficient (Wildman–Crippen LogP) is 3.82. The summed E-state index contributed by atoms with van der Waals surface area (Å²) in [6, 6.07) is 7.70. The molecule has 0 bridgehead atoms. The Bertz CT molecular complexity index is 400. The quantitative estimate of drug-likeness (QED) is 0.851. The number of likely N-dealkylation sites (N-methyl/N-ethyl adjacent to an activating group) is 1. The lowest BCUT2D eigenvalue weighted by atomic mass is 9.87. The number of para-hydroxylation sites is 1. The van der Waals surface area contributed by atoms with E-state index in [2.05, 4.69) is 24.1 Å². The Kier molecular flexibility index (Phi) is 5.84. The predicted molar refractivity (Wildman–Crippen MR) is 83.7 cm³/mol. The largest absolute Gasteiger partial charge is 0.368 e. The van der Waals surface area contributed by atoms with Gasteiger partial charge in [-0.1, -0.05) is 19.1 Å². The minimum absolute atomic E-state index is 0.124. The third kappa shape index (κ3) is 4.20. The third-order valence-electron chi connectivity index (χ3n) is 4.41. The topological polar surface area (TPSA) is 15.3 Å². The lowest BCUT2D eigenvalue weighted by Gasteiger charge is -2.29. The molecule has 0 aromatic heterocycles. The van der Waals surface area contributed by atoms with Gasteiger partial charge in [0.25, 0.3) is 0 Å². The maximum Gasteiger partial charge on any atom is 0.146 e. The highest BCUT2D eigenvalue weighted by Crippen LogP contribution is 2.23. The zero-order chi connectivity index (χ0) is 14.4. The molecule has 1 N–H and O–H groups in total. The van der Waals surface area contributed by atoms with E-state index in [1.807, 2.05) is 12.1 Å². The first-order valence-electron chi connectivity index (χ1n) is 7.93. The van der Waals surface area contributed by atoms with E-state index >= 15 is 0 Å². The van der Waals surface area contributed by atoms with Gasteiger partial charge in [0.1, 0.15) is 5.82 Å². The molecule has 1 aliphatic rings. The number of halogens is 1. The first-order chi connectivity index (χ1) is 9.70. The molecule has 20 heavy (non-hydrogen) atoms. The van der Waals surface area contributed by atoms with Gasteiger partial charge in [-0.3, -0.25) is 0 Å². The summed E-state index contributed by atoms with van der Waals surface area (Å²) in [5.41, 5.74) is 0.717. The van der Waals surface area contributed by atoms with Crippen molar-refractivity contribution in [2.75, 3.05) is 24.5 Å². The van der Waals surface area contributed by atoms with Crippen molar-refractivity contribution in [3.8, 4) is 0 Å². The molecule has 0 atom stereocenters. The summed E-state index contributed by atoms with van der Waals surface area (Å²) in [5, 5.41) is 3.63. The Labute approximate surface area is 122 Å². The van der Waals surface area contributed by atoms with Crippen LogP contribution in [0.15, 0.2) is 24.3 Å². The smallest absolute Gasteiger partial charge is 0.146 e. The second-order valence-electron chi connectivity index (χ2n) is 5.94. The molecule has 112 valence electrons. The van der Waals surface area contributed by atoms with E-state index in [-0.39, 0.29) is 5.82 Å². The maximum atomic E-state index is 13.8. The standard InChI is InChI=1S/C17H27FN2/c1-3-20(17-7-5-4-6-16(17)18)13-12-19-15-10-8-14(2)9-11-15/h4-7,14-15,19H,3,8-13H2,1-2H3. The number of hydrogen-bond acceptors (Lipinski definition) is 2. The molecule has 1 saturated carbocycles. The number of rotatable bonds is 6. The van der Waals surface area contributed by atoms with E-state index in [0.717, 1.165) is 25.6 Å². The molecule has 1 aromatic carbocycles. The fraction of sp³-hybridized carbons (Fsp3) is 0.647. The lowest BCUT2D eigenvalue weighted by molar-refractivity contribution is 0.309. The highest BCUT2D eigenvalue weighted by atomic mass is 19.1. The van der Waals surface area contributed by atoms with Gasteiger partial charge in [-0.05, 0) is 50.7 Å². The average Bonchev–Trinajstić information content (AvgIpc) is 2.47. The third-order valence-corrected chi connectivity index (χ3v) is 4.41. The fourth-order valence-corrected chi connectivity index (χ4v) is 3.02. The molecule has 1 aromatic rings. The van der Waals surface area contributed by atoms with Crippen LogP contribution in [0, 0.1) is 11.7 Å². The SMILES string of the molecule is CCN(CCNC1CCC(C)CC1)c1ccccc1F. The van der Waals surface area contributed by atoms with Gasteiger partial charge in [-0.2, -0.15) is 0 Å². The second kappa shape index (κ2) is 7.63. The van der Waals surface area contributed by atoms with Gasteiger partial charge < -0.3 is 10.2 Å². The fourth-order valence-electron chi connectivity index (χ4n) is 3.02. The van der Waals surface area contributed by atoms with Crippen molar-refractivity contribution in [3.05, 3.63) is 30.1 Å². The van der Waals surface area contributed by atoms with Crippen LogP contribution in [0.25, 0.3) is 0 Å². The summed E-state index contributed by atoms with van der Waals surface area (Å²) in [4.78, 5) is 2.10. The van der Waals surface area contributed by atoms with Gasteiger partial charge in [0.15, 0.2) is 0 Å². The summed E-state index contributed by atoms with van der Waals surface area (Å²) >= 11 is 0. The summed E-state index contributed by atoms with van der Waals surface area (Å²) < 4.78 is 13.8. The molecule has 1 aliphatic carbocycles. The van der Waals surface area contributed by atoms with Crippen LogP contribution in [0.1, 0.15) is 39.5 Å². The molecule has 2 rings (SSSR count). The molecular weight excluding hydrogens is 251 g/mol. The first kappa shape index (κ1) is 15.3. The highest BCUT2D eigenvalue weighted by Gasteiger charge is 2.17. The van der Waals surface area contributed by atoms with Gasteiger partial charge in [-0.15, -0.1) is 0 Å². The van der Waals surface area contributed by atoms with Gasteiger partial charge >= 0.3 is 0 Å². The van der Waals surface area contributed by atoms with Crippen LogP contribution in [-0.4, -0.2) is 25.7 Å². The normalized spacial score (nSPS) is 22.8. The molecule has 0 amide bonds. The van der Waals surface area contributed by atoms with E-state index < -0.39 is 0 Å².